The highest BCUT2D eigenvalue weighted by Gasteiger charge is 2.45. The number of hydrogen-bond donors (Lipinski definition) is 1. The molecule has 0 saturated heterocycles. The number of nitrogens with one attached hydrogen (secondary N) is 1. The van der Waals surface area contributed by atoms with Crippen LogP contribution in [0.1, 0.15) is 52.6 Å². The third kappa shape index (κ3) is 2.58. The first-order valence-electron chi connectivity index (χ1n) is 10.2. The molecule has 1 unspecified atom stereocenters. The second kappa shape index (κ2) is 6.31. The van der Waals surface area contributed by atoms with E-state index in [1.165, 1.54) is 6.07 Å². The van der Waals surface area contributed by atoms with Gasteiger partial charge in [-0.25, -0.2) is 9.37 Å². The Morgan fingerprint density at radius 3 is 2.90 bits per heavy atom. The van der Waals surface area contributed by atoms with Gasteiger partial charge in [-0.2, -0.15) is 0 Å². The minimum atomic E-state index is -0.478. The second-order valence-electron chi connectivity index (χ2n) is 8.07. The molecule has 0 radical (unpaired) electrons. The van der Waals surface area contributed by atoms with Crippen molar-refractivity contribution in [2.75, 3.05) is 6.54 Å². The number of carbonyl (C=O) groups is 1. The summed E-state index contributed by atoms with van der Waals surface area (Å²) in [5.74, 6) is 1.28. The zero-order valence-corrected chi connectivity index (χ0v) is 16.9. The van der Waals surface area contributed by atoms with Crippen LogP contribution in [0.15, 0.2) is 24.3 Å². The van der Waals surface area contributed by atoms with Gasteiger partial charge in [0.05, 0.1) is 5.52 Å². The molecule has 1 aliphatic heterocycles. The summed E-state index contributed by atoms with van der Waals surface area (Å²) in [5.41, 5.74) is 4.86. The molecule has 2 aromatic carbocycles. The van der Waals surface area contributed by atoms with Crippen molar-refractivity contribution in [1.29, 1.82) is 0 Å². The average Bonchev–Trinajstić information content (AvgIpc) is 3.19. The lowest BCUT2D eigenvalue weighted by molar-refractivity contribution is 0.0458. The molecule has 0 saturated carbocycles. The van der Waals surface area contributed by atoms with Crippen molar-refractivity contribution in [1.82, 2.24) is 14.9 Å². The monoisotopic (exact) mass is 393 g/mol. The van der Waals surface area contributed by atoms with E-state index in [1.807, 2.05) is 37.6 Å². The van der Waals surface area contributed by atoms with Gasteiger partial charge in [-0.1, -0.05) is 6.07 Å². The summed E-state index contributed by atoms with van der Waals surface area (Å²) < 4.78 is 22.4. The summed E-state index contributed by atoms with van der Waals surface area (Å²) in [6, 6.07) is 6.92. The van der Waals surface area contributed by atoms with Gasteiger partial charge in [0.15, 0.2) is 5.75 Å². The van der Waals surface area contributed by atoms with Crippen LogP contribution in [-0.4, -0.2) is 22.0 Å². The van der Waals surface area contributed by atoms with E-state index >= 15 is 0 Å². The van der Waals surface area contributed by atoms with Crippen LogP contribution in [0.4, 0.5) is 4.39 Å². The number of imidazole rings is 1. The number of fused-ring (bicyclic) bond motifs is 5. The number of halogens is 1. The quantitative estimate of drug-likeness (QED) is 0.718. The Kier molecular flexibility index (Phi) is 3.95. The normalized spacial score (nSPS) is 19.9. The molecule has 1 amide bonds. The molecule has 1 spiro atoms. The molecule has 1 aliphatic carbocycles. The van der Waals surface area contributed by atoms with Gasteiger partial charge in [-0.3, -0.25) is 4.79 Å². The minimum Gasteiger partial charge on any atom is -0.480 e. The number of ether oxygens (including phenoxy) is 1. The number of nitrogens with zero attached hydrogens (tertiary/aromatic N) is 2. The van der Waals surface area contributed by atoms with E-state index in [9.17, 15) is 9.18 Å². The van der Waals surface area contributed by atoms with Gasteiger partial charge in [-0.15, -0.1) is 0 Å². The Balaban J connectivity index is 1.70. The molecule has 2 aliphatic rings. The fraction of sp³-hybridized carbons (Fsp3) is 0.391. The van der Waals surface area contributed by atoms with Gasteiger partial charge in [0, 0.05) is 24.7 Å². The zero-order valence-electron chi connectivity index (χ0n) is 16.9. The summed E-state index contributed by atoms with van der Waals surface area (Å²) in [6.07, 6.45) is 3.10. The number of aromatic nitrogens is 2. The smallest absolute Gasteiger partial charge is 0.251 e. The number of aryl methyl sites for hydroxylation is 3. The molecule has 6 heteroatoms. The van der Waals surface area contributed by atoms with Crippen molar-refractivity contribution in [3.63, 3.8) is 0 Å². The molecule has 29 heavy (non-hydrogen) atoms. The standard InChI is InChI=1S/C23H24FN3O2/c1-4-25-22(28)17-12-19-20(26-13(2)27(19)3)21-16(17)8-10-23(29-21)9-7-14-11-15(24)5-6-18(14)23/h5-6,11-12H,4,7-10H2,1-3H3,(H,25,28). The first-order valence-corrected chi connectivity index (χ1v) is 10.2. The topological polar surface area (TPSA) is 56.2 Å². The van der Waals surface area contributed by atoms with Crippen molar-refractivity contribution in [2.24, 2.45) is 7.05 Å². The number of rotatable bonds is 2. The average molecular weight is 393 g/mol. The molecule has 1 aromatic heterocycles. The fourth-order valence-corrected chi connectivity index (χ4v) is 4.89. The van der Waals surface area contributed by atoms with E-state index in [1.54, 1.807) is 6.07 Å². The van der Waals surface area contributed by atoms with Crippen LogP contribution in [0.3, 0.4) is 0 Å². The van der Waals surface area contributed by atoms with Crippen LogP contribution in [-0.2, 0) is 25.5 Å². The Hall–Kier alpha value is -2.89. The highest BCUT2D eigenvalue weighted by molar-refractivity contribution is 6.01. The molecule has 5 rings (SSSR count). The molecular weight excluding hydrogens is 369 g/mol. The predicted octanol–water partition coefficient (Wildman–Crippen LogP) is 3.94. The van der Waals surface area contributed by atoms with E-state index < -0.39 is 5.60 Å². The molecule has 2 heterocycles. The second-order valence-corrected chi connectivity index (χ2v) is 8.07. The molecule has 1 atom stereocenters. The number of carbonyl (C=O) groups excluding carboxylic acids is 1. The molecule has 3 aromatic rings. The van der Waals surface area contributed by atoms with E-state index in [0.717, 1.165) is 59.2 Å². The molecule has 150 valence electrons. The lowest BCUT2D eigenvalue weighted by atomic mass is 9.84. The van der Waals surface area contributed by atoms with Crippen molar-refractivity contribution in [3.05, 3.63) is 58.2 Å². The maximum Gasteiger partial charge on any atom is 0.251 e. The minimum absolute atomic E-state index is 0.0852. The van der Waals surface area contributed by atoms with E-state index in [0.29, 0.717) is 17.9 Å². The van der Waals surface area contributed by atoms with Crippen molar-refractivity contribution in [3.8, 4) is 5.75 Å². The van der Waals surface area contributed by atoms with Gasteiger partial charge in [-0.05, 0) is 68.9 Å². The van der Waals surface area contributed by atoms with E-state index in [4.69, 9.17) is 9.72 Å². The van der Waals surface area contributed by atoms with Gasteiger partial charge in [0.2, 0.25) is 0 Å². The zero-order chi connectivity index (χ0) is 20.3. The Morgan fingerprint density at radius 2 is 2.10 bits per heavy atom. The Bertz CT molecular complexity index is 1170. The molecule has 1 N–H and O–H groups in total. The summed E-state index contributed by atoms with van der Waals surface area (Å²) in [7, 11) is 1.95. The SMILES string of the molecule is CCNC(=O)c1cc2c(nc(C)n2C)c2c1CCC1(CCc3cc(F)ccc31)O2. The van der Waals surface area contributed by atoms with Crippen molar-refractivity contribution < 1.29 is 13.9 Å². The van der Waals surface area contributed by atoms with Crippen LogP contribution in [0.5, 0.6) is 5.75 Å². The van der Waals surface area contributed by atoms with E-state index in [-0.39, 0.29) is 11.7 Å². The Morgan fingerprint density at radius 1 is 1.31 bits per heavy atom. The van der Waals surface area contributed by atoms with E-state index in [2.05, 4.69) is 5.32 Å². The third-order valence-electron chi connectivity index (χ3n) is 6.47. The maximum absolute atomic E-state index is 13.7. The van der Waals surface area contributed by atoms with Crippen LogP contribution >= 0.6 is 0 Å². The summed E-state index contributed by atoms with van der Waals surface area (Å²) >= 11 is 0. The summed E-state index contributed by atoms with van der Waals surface area (Å²) in [6.45, 7) is 4.43. The van der Waals surface area contributed by atoms with Crippen LogP contribution in [0.25, 0.3) is 11.0 Å². The predicted molar refractivity (Wildman–Crippen MR) is 109 cm³/mol. The van der Waals surface area contributed by atoms with Crippen LogP contribution < -0.4 is 10.1 Å². The van der Waals surface area contributed by atoms with Gasteiger partial charge in [0.1, 0.15) is 22.8 Å². The summed E-state index contributed by atoms with van der Waals surface area (Å²) in [4.78, 5) is 17.5. The molecule has 0 bridgehead atoms. The van der Waals surface area contributed by atoms with Gasteiger partial charge in [0.25, 0.3) is 5.91 Å². The molecular formula is C23H24FN3O2. The lowest BCUT2D eigenvalue weighted by Crippen LogP contribution is -2.36. The lowest BCUT2D eigenvalue weighted by Gasteiger charge is -2.37. The van der Waals surface area contributed by atoms with Crippen LogP contribution in [0, 0.1) is 12.7 Å². The first kappa shape index (κ1) is 18.2. The van der Waals surface area contributed by atoms with Crippen molar-refractivity contribution >= 4 is 16.9 Å². The first-order chi connectivity index (χ1) is 13.9. The number of amides is 1. The fourth-order valence-electron chi connectivity index (χ4n) is 4.89. The van der Waals surface area contributed by atoms with Crippen molar-refractivity contribution in [2.45, 2.75) is 45.1 Å². The largest absolute Gasteiger partial charge is 0.480 e. The highest BCUT2D eigenvalue weighted by atomic mass is 19.1. The summed E-state index contributed by atoms with van der Waals surface area (Å²) in [5, 5.41) is 2.92. The highest BCUT2D eigenvalue weighted by Crippen LogP contribution is 2.50. The van der Waals surface area contributed by atoms with Gasteiger partial charge >= 0.3 is 0 Å². The maximum atomic E-state index is 13.7. The van der Waals surface area contributed by atoms with Crippen LogP contribution in [0.2, 0.25) is 0 Å². The third-order valence-corrected chi connectivity index (χ3v) is 6.47. The number of hydrogen-bond acceptors (Lipinski definition) is 3. The molecule has 5 nitrogen and oxygen atoms in total. The molecule has 0 fully saturated rings. The van der Waals surface area contributed by atoms with Gasteiger partial charge < -0.3 is 14.6 Å². The Labute approximate surface area is 168 Å². The number of benzene rings is 2.